The molecule has 11 rings (SSSR count). The fraction of sp³-hybridized carbons (Fsp3) is 0.455. The molecule has 7 aliphatic heterocycles. The van der Waals surface area contributed by atoms with Crippen LogP contribution >= 0.6 is 0 Å². The van der Waals surface area contributed by atoms with Crippen LogP contribution < -0.4 is 9.80 Å². The highest BCUT2D eigenvalue weighted by molar-refractivity contribution is 5.77. The summed E-state index contributed by atoms with van der Waals surface area (Å²) in [5.41, 5.74) is 11.8. The quantitative estimate of drug-likeness (QED) is 0.317. The summed E-state index contributed by atoms with van der Waals surface area (Å²) >= 11 is 0. The van der Waals surface area contributed by atoms with E-state index in [1.807, 2.05) is 0 Å². The molecule has 2 aliphatic carbocycles. The van der Waals surface area contributed by atoms with Gasteiger partial charge in [0.1, 0.15) is 25.2 Å². The molecule has 256 valence electrons. The van der Waals surface area contributed by atoms with E-state index in [2.05, 4.69) is 108 Å². The molecule has 0 amide bonds. The number of rotatable bonds is 6. The van der Waals surface area contributed by atoms with Crippen LogP contribution in [0.5, 0.6) is 0 Å². The Morgan fingerprint density at radius 2 is 1.12 bits per heavy atom. The first-order valence-electron chi connectivity index (χ1n) is 19.2. The first-order valence-corrected chi connectivity index (χ1v) is 19.2. The van der Waals surface area contributed by atoms with E-state index in [0.717, 1.165) is 73.9 Å². The third-order valence-electron chi connectivity index (χ3n) is 15.9. The summed E-state index contributed by atoms with van der Waals surface area (Å²) in [6.07, 6.45) is 18.6. The maximum atomic E-state index is 10.5. The molecule has 2 saturated carbocycles. The van der Waals surface area contributed by atoms with Crippen molar-refractivity contribution in [3.63, 3.8) is 0 Å². The Balaban J connectivity index is 1.22. The Labute approximate surface area is 296 Å². The molecule has 0 aromatic heterocycles. The van der Waals surface area contributed by atoms with Gasteiger partial charge in [-0.25, -0.2) is 0 Å². The van der Waals surface area contributed by atoms with Crippen LogP contribution in [0.25, 0.3) is 0 Å². The molecular weight excluding hydrogens is 617 g/mol. The lowest BCUT2D eigenvalue weighted by Crippen LogP contribution is -2.69. The van der Waals surface area contributed by atoms with Crippen LogP contribution in [0.1, 0.15) is 36.8 Å². The number of para-hydroxylation sites is 2. The van der Waals surface area contributed by atoms with Gasteiger partial charge in [-0.15, -0.1) is 0 Å². The van der Waals surface area contributed by atoms with Gasteiger partial charge in [0.15, 0.2) is 0 Å². The number of anilines is 2. The summed E-state index contributed by atoms with van der Waals surface area (Å²) in [7, 11) is 0. The zero-order valence-corrected chi connectivity index (χ0v) is 29.1. The van der Waals surface area contributed by atoms with Crippen LogP contribution in [0.4, 0.5) is 11.4 Å². The normalized spacial score (nSPS) is 45.5. The SMILES string of the molecule is C=CC[N@@+]12CC[C@@]34c5ccccc5N5/C=C6/[C@H]7C[C@H]8[C@@]9(CC[N@@+]8(CC=C)C/C7=C\CO)c7ccccc7N(/C=C(/[C@@H](C[C@@H]31)/C(=C/CO)C2)[C@H]54)[C@@H]69. The van der Waals surface area contributed by atoms with Crippen LogP contribution in [0.2, 0.25) is 0 Å². The first-order chi connectivity index (χ1) is 24.5. The van der Waals surface area contributed by atoms with E-state index in [4.69, 9.17) is 0 Å². The van der Waals surface area contributed by atoms with Gasteiger partial charge < -0.3 is 29.0 Å². The maximum absolute atomic E-state index is 10.5. The van der Waals surface area contributed by atoms with Gasteiger partial charge in [-0.3, -0.25) is 0 Å². The molecule has 2 N–H and O–H groups in total. The van der Waals surface area contributed by atoms with Gasteiger partial charge in [0.25, 0.3) is 0 Å². The lowest BCUT2D eigenvalue weighted by molar-refractivity contribution is -0.937. The molecule has 6 heteroatoms. The number of hydrogen-bond donors (Lipinski definition) is 2. The van der Waals surface area contributed by atoms with Crippen molar-refractivity contribution in [3.05, 3.63) is 132 Å². The minimum absolute atomic E-state index is 0.0183. The average Bonchev–Trinajstić information content (AvgIpc) is 3.81. The second kappa shape index (κ2) is 10.0. The molecule has 7 heterocycles. The minimum Gasteiger partial charge on any atom is -0.392 e. The molecule has 0 unspecified atom stereocenters. The van der Waals surface area contributed by atoms with Gasteiger partial charge in [0, 0.05) is 61.3 Å². The second-order valence-electron chi connectivity index (χ2n) is 17.2. The molecule has 50 heavy (non-hydrogen) atoms. The summed E-state index contributed by atoms with van der Waals surface area (Å²) in [5.74, 6) is 0.615. The fourth-order valence-electron chi connectivity index (χ4n) is 14.6. The molecule has 2 spiro atoms. The van der Waals surface area contributed by atoms with Gasteiger partial charge in [0.05, 0.1) is 62.3 Å². The van der Waals surface area contributed by atoms with E-state index < -0.39 is 0 Å². The summed E-state index contributed by atoms with van der Waals surface area (Å²) < 4.78 is 2.12. The predicted octanol–water partition coefficient (Wildman–Crippen LogP) is 5.48. The number of fused-ring (bicyclic) bond motifs is 8. The number of nitrogens with zero attached hydrogens (tertiary/aromatic N) is 4. The summed E-state index contributed by atoms with van der Waals surface area (Å²) in [5, 5.41) is 20.9. The molecule has 2 aromatic carbocycles. The predicted molar refractivity (Wildman–Crippen MR) is 198 cm³/mol. The van der Waals surface area contributed by atoms with Crippen molar-refractivity contribution in [2.75, 3.05) is 62.3 Å². The highest BCUT2D eigenvalue weighted by Gasteiger charge is 2.75. The van der Waals surface area contributed by atoms with Crippen molar-refractivity contribution in [2.24, 2.45) is 11.8 Å². The van der Waals surface area contributed by atoms with Crippen molar-refractivity contribution < 1.29 is 19.2 Å². The smallest absolute Gasteiger partial charge is 0.103 e. The van der Waals surface area contributed by atoms with E-state index in [-0.39, 0.29) is 36.1 Å². The fourth-order valence-corrected chi connectivity index (χ4v) is 14.6. The number of aliphatic hydroxyl groups excluding tert-OH is 2. The summed E-state index contributed by atoms with van der Waals surface area (Å²) in [6, 6.07) is 20.3. The van der Waals surface area contributed by atoms with Crippen molar-refractivity contribution in [1.82, 2.24) is 0 Å². The van der Waals surface area contributed by atoms with Gasteiger partial charge in [0.2, 0.25) is 0 Å². The topological polar surface area (TPSA) is 46.9 Å². The Bertz CT molecular complexity index is 1850. The minimum atomic E-state index is 0.0183. The van der Waals surface area contributed by atoms with E-state index in [1.165, 1.54) is 33.6 Å². The van der Waals surface area contributed by atoms with Crippen molar-refractivity contribution >= 4 is 11.4 Å². The van der Waals surface area contributed by atoms with E-state index >= 15 is 0 Å². The molecule has 10 atom stereocenters. The largest absolute Gasteiger partial charge is 0.392 e. The van der Waals surface area contributed by atoms with Gasteiger partial charge in [-0.05, 0) is 57.7 Å². The zero-order valence-electron chi connectivity index (χ0n) is 29.1. The molecule has 6 nitrogen and oxygen atoms in total. The van der Waals surface area contributed by atoms with E-state index in [1.54, 1.807) is 11.1 Å². The lowest BCUT2D eigenvalue weighted by Gasteiger charge is -2.59. The molecule has 9 aliphatic rings. The number of piperidine rings is 2. The summed E-state index contributed by atoms with van der Waals surface area (Å²) in [4.78, 5) is 5.54. The van der Waals surface area contributed by atoms with Crippen molar-refractivity contribution in [1.29, 1.82) is 0 Å². The monoisotopic (exact) mass is 666 g/mol. The van der Waals surface area contributed by atoms with Crippen molar-refractivity contribution in [2.45, 2.75) is 60.7 Å². The highest BCUT2D eigenvalue weighted by Crippen LogP contribution is 2.69. The van der Waals surface area contributed by atoms with Crippen molar-refractivity contribution in [3.8, 4) is 0 Å². The Hall–Kier alpha value is -3.68. The van der Waals surface area contributed by atoms with Gasteiger partial charge >= 0.3 is 0 Å². The molecule has 6 fully saturated rings. The van der Waals surface area contributed by atoms with Gasteiger partial charge in [-0.2, -0.15) is 0 Å². The van der Waals surface area contributed by atoms with Crippen LogP contribution in [-0.4, -0.2) is 95.8 Å². The summed E-state index contributed by atoms with van der Waals surface area (Å²) in [6.45, 7) is 15.0. The third kappa shape index (κ3) is 3.24. The molecule has 2 aromatic rings. The zero-order chi connectivity index (χ0) is 33.6. The number of hydrogen-bond acceptors (Lipinski definition) is 4. The van der Waals surface area contributed by atoms with Crippen LogP contribution in [-0.2, 0) is 10.8 Å². The van der Waals surface area contributed by atoms with E-state index in [9.17, 15) is 10.2 Å². The molecular formula is C44H50N4O2+2. The van der Waals surface area contributed by atoms with Crippen LogP contribution in [0, 0.1) is 11.8 Å². The Kier molecular flexibility index (Phi) is 6.00. The number of benzene rings is 2. The standard InChI is InChI=1S/C44H50N4O2/c1-3-17-47-19-15-43-35-9-5-7-11-37(35)45-26-34-32-24-40-44(16-20-48(40,18-4-2)28-30(32)14-22-50)36-10-6-8-12-38(36)46(42(34)44)25-33(41(43)45)31(23-39(43)47)29(27-47)13-21-49/h3-14,25-26,31-32,39-42,49-50H,1-2,15-24,27-28H2/q+2/b29-13+,30-14+,33-25-,34-26-/t31-,32-,39-,40-,41-,42-,43+,44+,47-,48-/m0/s1. The molecule has 4 saturated heterocycles. The second-order valence-corrected chi connectivity index (χ2v) is 17.2. The number of aliphatic hydroxyl groups is 2. The number of quaternary nitrogens is 2. The van der Waals surface area contributed by atoms with E-state index in [0.29, 0.717) is 23.9 Å². The average molecular weight is 667 g/mol. The highest BCUT2D eigenvalue weighted by atomic mass is 16.3. The Morgan fingerprint density at radius 3 is 1.54 bits per heavy atom. The van der Waals surface area contributed by atoms with Crippen LogP contribution in [0.3, 0.4) is 0 Å². The molecule has 0 radical (unpaired) electrons. The third-order valence-corrected chi connectivity index (χ3v) is 15.9. The maximum Gasteiger partial charge on any atom is 0.103 e. The Morgan fingerprint density at radius 1 is 0.680 bits per heavy atom. The van der Waals surface area contributed by atoms with Gasteiger partial charge in [-0.1, -0.05) is 61.7 Å². The molecule has 4 bridgehead atoms. The van der Waals surface area contributed by atoms with Crippen LogP contribution in [0.15, 0.2) is 121 Å². The lowest BCUT2D eigenvalue weighted by atomic mass is 9.56. The first kappa shape index (κ1) is 30.0.